The highest BCUT2D eigenvalue weighted by Gasteiger charge is 2.33. The van der Waals surface area contributed by atoms with Crippen molar-refractivity contribution in [2.45, 2.75) is 13.3 Å². The summed E-state index contributed by atoms with van der Waals surface area (Å²) < 4.78 is 27.5. The molecule has 2 amide bonds. The highest BCUT2D eigenvalue weighted by molar-refractivity contribution is 7.14. The maximum Gasteiger partial charge on any atom is 0.231 e. The number of likely N-dealkylation sites (tertiary alicyclic amines) is 1. The van der Waals surface area contributed by atoms with E-state index in [-0.39, 0.29) is 34.6 Å². The molecule has 2 heterocycles. The van der Waals surface area contributed by atoms with Crippen LogP contribution in [0.1, 0.15) is 13.3 Å². The molecule has 1 aromatic carbocycles. The molecule has 24 heavy (non-hydrogen) atoms. The van der Waals surface area contributed by atoms with Gasteiger partial charge in [0.2, 0.25) is 11.8 Å². The third kappa shape index (κ3) is 3.14. The Morgan fingerprint density at radius 2 is 2.12 bits per heavy atom. The van der Waals surface area contributed by atoms with Crippen molar-refractivity contribution in [3.8, 4) is 11.3 Å². The van der Waals surface area contributed by atoms with Gasteiger partial charge in [-0.1, -0.05) is 6.07 Å². The zero-order valence-electron chi connectivity index (χ0n) is 12.9. The van der Waals surface area contributed by atoms with Crippen molar-refractivity contribution in [2.24, 2.45) is 5.92 Å². The van der Waals surface area contributed by atoms with Gasteiger partial charge in [-0.25, -0.2) is 13.8 Å². The van der Waals surface area contributed by atoms with Crippen LogP contribution in [-0.4, -0.2) is 34.8 Å². The molecule has 8 heteroatoms. The number of benzene rings is 1. The lowest BCUT2D eigenvalue weighted by Gasteiger charge is -2.12. The Labute approximate surface area is 141 Å². The van der Waals surface area contributed by atoms with E-state index in [0.29, 0.717) is 13.1 Å². The Balaban J connectivity index is 1.73. The molecule has 1 unspecified atom stereocenters. The Morgan fingerprint density at radius 3 is 2.75 bits per heavy atom. The van der Waals surface area contributed by atoms with Gasteiger partial charge in [0, 0.05) is 24.9 Å². The van der Waals surface area contributed by atoms with Gasteiger partial charge in [0.05, 0.1) is 17.2 Å². The summed E-state index contributed by atoms with van der Waals surface area (Å²) in [6.45, 7) is 2.80. The fraction of sp³-hybridized carbons (Fsp3) is 0.312. The van der Waals surface area contributed by atoms with Crippen LogP contribution in [0.25, 0.3) is 11.3 Å². The van der Waals surface area contributed by atoms with Crippen molar-refractivity contribution in [2.75, 3.05) is 18.4 Å². The first kappa shape index (κ1) is 16.5. The lowest BCUT2D eigenvalue weighted by atomic mass is 10.1. The second-order valence-electron chi connectivity index (χ2n) is 5.46. The number of hydrogen-bond donors (Lipinski definition) is 1. The second-order valence-corrected chi connectivity index (χ2v) is 6.32. The molecular weight excluding hydrogens is 336 g/mol. The molecule has 0 aliphatic carbocycles. The van der Waals surface area contributed by atoms with E-state index in [0.717, 1.165) is 23.5 Å². The molecule has 0 bridgehead atoms. The van der Waals surface area contributed by atoms with E-state index in [1.54, 1.807) is 4.90 Å². The van der Waals surface area contributed by atoms with Crippen molar-refractivity contribution >= 4 is 28.3 Å². The number of rotatable bonds is 4. The van der Waals surface area contributed by atoms with Gasteiger partial charge in [0.1, 0.15) is 11.6 Å². The standard InChI is InChI=1S/C16H15F2N3O2S/c1-2-21-7-9(6-13(21)22)15(23)20-16-19-12(8-24-16)14-10(17)4-3-5-11(14)18/h3-5,8-9H,2,6-7H2,1H3,(H,19,20,23). The van der Waals surface area contributed by atoms with Crippen LogP contribution in [0.15, 0.2) is 23.6 Å². The van der Waals surface area contributed by atoms with E-state index in [9.17, 15) is 18.4 Å². The number of nitrogens with one attached hydrogen (secondary N) is 1. The molecule has 3 rings (SSSR count). The Kier molecular flexibility index (Phi) is 4.57. The van der Waals surface area contributed by atoms with Crippen LogP contribution in [-0.2, 0) is 9.59 Å². The highest BCUT2D eigenvalue weighted by atomic mass is 32.1. The van der Waals surface area contributed by atoms with E-state index >= 15 is 0 Å². The lowest BCUT2D eigenvalue weighted by Crippen LogP contribution is -2.28. The maximum absolute atomic E-state index is 13.8. The van der Waals surface area contributed by atoms with Crippen LogP contribution >= 0.6 is 11.3 Å². The minimum absolute atomic E-state index is 0.0501. The summed E-state index contributed by atoms with van der Waals surface area (Å²) in [5.41, 5.74) is -0.0916. The van der Waals surface area contributed by atoms with Gasteiger partial charge < -0.3 is 10.2 Å². The molecule has 0 saturated carbocycles. The Bertz CT molecular complexity index is 773. The number of aromatic nitrogens is 1. The zero-order valence-corrected chi connectivity index (χ0v) is 13.7. The Morgan fingerprint density at radius 1 is 1.42 bits per heavy atom. The van der Waals surface area contributed by atoms with E-state index < -0.39 is 17.6 Å². The molecule has 1 fully saturated rings. The first-order valence-electron chi connectivity index (χ1n) is 7.48. The molecule has 1 atom stereocenters. The largest absolute Gasteiger partial charge is 0.342 e. The van der Waals surface area contributed by atoms with Gasteiger partial charge in [-0.15, -0.1) is 11.3 Å². The molecule has 1 aliphatic rings. The topological polar surface area (TPSA) is 62.3 Å². The minimum atomic E-state index is -0.710. The number of carbonyl (C=O) groups excluding carboxylic acids is 2. The monoisotopic (exact) mass is 351 g/mol. The van der Waals surface area contributed by atoms with Gasteiger partial charge in [0.15, 0.2) is 5.13 Å². The molecule has 1 N–H and O–H groups in total. The number of carbonyl (C=O) groups is 2. The van der Waals surface area contributed by atoms with Crippen molar-refractivity contribution in [3.63, 3.8) is 0 Å². The average molecular weight is 351 g/mol. The summed E-state index contributed by atoms with van der Waals surface area (Å²) in [5.74, 6) is -2.22. The zero-order chi connectivity index (χ0) is 17.3. The smallest absolute Gasteiger partial charge is 0.231 e. The van der Waals surface area contributed by atoms with Gasteiger partial charge in [-0.3, -0.25) is 9.59 Å². The molecule has 5 nitrogen and oxygen atoms in total. The van der Waals surface area contributed by atoms with Gasteiger partial charge in [-0.05, 0) is 19.1 Å². The number of hydrogen-bond acceptors (Lipinski definition) is 4. The summed E-state index contributed by atoms with van der Waals surface area (Å²) >= 11 is 1.08. The summed E-state index contributed by atoms with van der Waals surface area (Å²) in [4.78, 5) is 29.6. The van der Waals surface area contributed by atoms with Crippen LogP contribution in [0.2, 0.25) is 0 Å². The van der Waals surface area contributed by atoms with Crippen molar-refractivity contribution in [3.05, 3.63) is 35.2 Å². The van der Waals surface area contributed by atoms with Crippen molar-refractivity contribution < 1.29 is 18.4 Å². The van der Waals surface area contributed by atoms with Crippen LogP contribution in [0, 0.1) is 17.6 Å². The molecule has 1 aromatic heterocycles. The van der Waals surface area contributed by atoms with E-state index in [2.05, 4.69) is 10.3 Å². The predicted molar refractivity (Wildman–Crippen MR) is 86.5 cm³/mol. The highest BCUT2D eigenvalue weighted by Crippen LogP contribution is 2.29. The summed E-state index contributed by atoms with van der Waals surface area (Å²) in [6.07, 6.45) is 0.167. The molecular formula is C16H15F2N3O2S. The molecule has 126 valence electrons. The molecule has 1 aliphatic heterocycles. The molecule has 0 radical (unpaired) electrons. The number of nitrogens with zero attached hydrogens (tertiary/aromatic N) is 2. The SMILES string of the molecule is CCN1CC(C(=O)Nc2nc(-c3c(F)cccc3F)cs2)CC1=O. The third-order valence-electron chi connectivity index (χ3n) is 3.92. The lowest BCUT2D eigenvalue weighted by molar-refractivity contribution is -0.128. The third-order valence-corrected chi connectivity index (χ3v) is 4.68. The summed E-state index contributed by atoms with van der Waals surface area (Å²) in [7, 11) is 0. The molecule has 1 saturated heterocycles. The maximum atomic E-state index is 13.8. The van der Waals surface area contributed by atoms with E-state index in [1.807, 2.05) is 6.92 Å². The van der Waals surface area contributed by atoms with Crippen LogP contribution < -0.4 is 5.32 Å². The number of thiazole rings is 1. The number of amides is 2. The fourth-order valence-electron chi connectivity index (χ4n) is 2.65. The minimum Gasteiger partial charge on any atom is -0.342 e. The average Bonchev–Trinajstić information content (AvgIpc) is 3.14. The first-order chi connectivity index (χ1) is 11.5. The number of halogens is 2. The summed E-state index contributed by atoms with van der Waals surface area (Å²) in [6, 6.07) is 3.58. The van der Waals surface area contributed by atoms with Gasteiger partial charge >= 0.3 is 0 Å². The van der Waals surface area contributed by atoms with Crippen LogP contribution in [0.4, 0.5) is 13.9 Å². The van der Waals surface area contributed by atoms with Crippen LogP contribution in [0.3, 0.4) is 0 Å². The van der Waals surface area contributed by atoms with Gasteiger partial charge in [-0.2, -0.15) is 0 Å². The van der Waals surface area contributed by atoms with Crippen molar-refractivity contribution in [1.82, 2.24) is 9.88 Å². The summed E-state index contributed by atoms with van der Waals surface area (Å²) in [5, 5.41) is 4.35. The normalized spacial score (nSPS) is 17.4. The molecule has 2 aromatic rings. The quantitative estimate of drug-likeness (QED) is 0.921. The molecule has 0 spiro atoms. The fourth-order valence-corrected chi connectivity index (χ4v) is 3.35. The van der Waals surface area contributed by atoms with Crippen LogP contribution in [0.5, 0.6) is 0 Å². The second kappa shape index (κ2) is 6.64. The Hall–Kier alpha value is -2.35. The first-order valence-corrected chi connectivity index (χ1v) is 8.36. The van der Waals surface area contributed by atoms with E-state index in [1.165, 1.54) is 11.4 Å². The number of anilines is 1. The van der Waals surface area contributed by atoms with E-state index in [4.69, 9.17) is 0 Å². The predicted octanol–water partition coefficient (Wildman–Crippen LogP) is 2.90. The van der Waals surface area contributed by atoms with Crippen molar-refractivity contribution in [1.29, 1.82) is 0 Å². The van der Waals surface area contributed by atoms with Gasteiger partial charge in [0.25, 0.3) is 0 Å².